The average molecular weight is 1460 g/mol. The third-order valence-corrected chi connectivity index (χ3v) is 49.8. The van der Waals surface area contributed by atoms with Crippen molar-refractivity contribution in [3.05, 3.63) is 66.8 Å². The van der Waals surface area contributed by atoms with Gasteiger partial charge in [0.2, 0.25) is 0 Å². The Kier molecular flexibility index (Phi) is 26.5. The minimum atomic E-state index is -4.52. The highest BCUT2D eigenvalue weighted by Gasteiger charge is 2.61. The lowest BCUT2D eigenvalue weighted by Crippen LogP contribution is -2.69. The quantitative estimate of drug-likeness (QED) is 0.122. The first-order valence-corrected chi connectivity index (χ1v) is 53.0. The van der Waals surface area contributed by atoms with Crippen molar-refractivity contribution in [3.8, 4) is 0 Å². The molecule has 0 aromatic heterocycles. The highest BCUT2D eigenvalue weighted by Crippen LogP contribution is 2.51. The molecule has 5 fully saturated rings. The number of ketones is 1. The molecule has 9 rings (SSSR count). The molecular formula is C76H136O15SSi5. The Morgan fingerprint density at radius 3 is 1.64 bits per heavy atom. The van der Waals surface area contributed by atoms with Crippen LogP contribution in [0, 0.1) is 11.8 Å². The summed E-state index contributed by atoms with van der Waals surface area (Å²) in [4.78, 5) is 16.6. The SMILES string of the molecule is C=C1C[C@@H]2CCC(O)C=C[C@H](O[Si](C)(C)C(C)(C)C)[C@@H]3O[C@H]4CC[C@H](CC(=O)[C@H](S(=O)(=O)c5ccccc5)C5[C@H](CC6O[C@@H](CCC1O2)C[C@@H](C)C6=C)O[C@H](C[C@@H](CO[Si](C)(C)C(C)(C)C)O[Si](C)(C)C(C)(C)C)[C@@H]5OC)O[C@@H]4[C@H](O[Si](C)(C)C(C)(C)C)[C@@H]3O[Si](C)(C)C(C)(C)C. The Balaban J connectivity index is 1.43. The lowest BCUT2D eigenvalue weighted by Gasteiger charge is -2.56. The summed E-state index contributed by atoms with van der Waals surface area (Å²) in [6, 6.07) is 8.40. The second-order valence-electron chi connectivity index (χ2n) is 37.6. The molecule has 15 nitrogen and oxygen atoms in total. The molecule has 97 heavy (non-hydrogen) atoms. The van der Waals surface area contributed by atoms with Crippen molar-refractivity contribution in [2.75, 3.05) is 13.7 Å². The van der Waals surface area contributed by atoms with Gasteiger partial charge in [-0.15, -0.1) is 0 Å². The van der Waals surface area contributed by atoms with Crippen LogP contribution in [-0.4, -0.2) is 178 Å². The monoisotopic (exact) mass is 1460 g/mol. The Morgan fingerprint density at radius 2 is 1.08 bits per heavy atom. The van der Waals surface area contributed by atoms with Gasteiger partial charge in [0.15, 0.2) is 57.2 Å². The first-order valence-electron chi connectivity index (χ1n) is 36.9. The summed E-state index contributed by atoms with van der Waals surface area (Å²) in [5, 5.41) is 9.54. The first-order chi connectivity index (χ1) is 44.2. The van der Waals surface area contributed by atoms with Crippen LogP contribution < -0.4 is 0 Å². The van der Waals surface area contributed by atoms with Crippen LogP contribution in [0.3, 0.4) is 0 Å². The van der Waals surface area contributed by atoms with Gasteiger partial charge in [0.25, 0.3) is 0 Å². The first kappa shape index (κ1) is 82.9. The fourth-order valence-electron chi connectivity index (χ4n) is 13.7. The fraction of sp³-hybridized carbons (Fsp3) is 0.829. The zero-order chi connectivity index (χ0) is 73.0. The smallest absolute Gasteiger partial charge is 0.193 e. The Hall–Kier alpha value is -1.34. The van der Waals surface area contributed by atoms with Gasteiger partial charge < -0.3 is 55.7 Å². The van der Waals surface area contributed by atoms with Gasteiger partial charge in [0.05, 0.1) is 84.7 Å². The average Bonchev–Trinajstić information content (AvgIpc) is 1.69. The van der Waals surface area contributed by atoms with E-state index in [4.69, 9.17) is 50.6 Å². The maximum atomic E-state index is 16.5. The molecule has 0 amide bonds. The molecule has 4 unspecified atom stereocenters. The molecule has 5 saturated heterocycles. The van der Waals surface area contributed by atoms with Gasteiger partial charge in [-0.3, -0.25) is 4.79 Å². The van der Waals surface area contributed by atoms with E-state index in [1.165, 1.54) is 0 Å². The number of aliphatic hydroxyl groups excluding tert-OH is 1. The van der Waals surface area contributed by atoms with Crippen LogP contribution in [0.25, 0.3) is 0 Å². The number of methoxy groups -OCH3 is 1. The van der Waals surface area contributed by atoms with Crippen molar-refractivity contribution in [1.82, 2.24) is 0 Å². The van der Waals surface area contributed by atoms with E-state index in [-0.39, 0.29) is 67.2 Å². The molecule has 1 aromatic rings. The zero-order valence-electron chi connectivity index (χ0n) is 65.5. The largest absolute Gasteiger partial charge is 0.414 e. The normalized spacial score (nSPS) is 33.8. The molecule has 8 bridgehead atoms. The number of sulfone groups is 1. The summed E-state index contributed by atoms with van der Waals surface area (Å²) in [7, 11) is -15.7. The number of carbonyl (C=O) groups excluding carboxylic acids is 1. The minimum absolute atomic E-state index is 0.0396. The van der Waals surface area contributed by atoms with Crippen molar-refractivity contribution in [1.29, 1.82) is 0 Å². The lowest BCUT2D eigenvalue weighted by atomic mass is 9.81. The molecule has 19 atom stereocenters. The molecule has 8 aliphatic rings. The van der Waals surface area contributed by atoms with Crippen molar-refractivity contribution >= 4 is 57.2 Å². The number of rotatable bonds is 16. The van der Waals surface area contributed by atoms with Gasteiger partial charge in [-0.1, -0.05) is 154 Å². The van der Waals surface area contributed by atoms with Crippen LogP contribution in [0.1, 0.15) is 181 Å². The van der Waals surface area contributed by atoms with Crippen molar-refractivity contribution in [3.63, 3.8) is 0 Å². The number of aliphatic hydroxyl groups is 1. The predicted molar refractivity (Wildman–Crippen MR) is 405 cm³/mol. The van der Waals surface area contributed by atoms with Crippen LogP contribution in [0.15, 0.2) is 71.7 Å². The van der Waals surface area contributed by atoms with E-state index in [0.29, 0.717) is 58.0 Å². The molecule has 0 spiro atoms. The van der Waals surface area contributed by atoms with Crippen LogP contribution >= 0.6 is 0 Å². The van der Waals surface area contributed by atoms with Crippen LogP contribution in [0.4, 0.5) is 0 Å². The molecule has 0 saturated carbocycles. The maximum absolute atomic E-state index is 16.5. The molecule has 0 aliphatic carbocycles. The standard InChI is InChI=1S/C76H136O15SSi5/c1-49-43-54-38-41-59-50(2)44-53(83-59)37-35-52(77)36-40-61(89-95(24,25)74(10,11)12)68-70(91-97(28,29)76(16,17)18)69(90-96(26,27)75(13,14)15)67-60(87-68)42-39-55(85-67)45-58(78)71(92(79,80)57-33-31-30-32-34-57)65-63(47-62(84-54)51(49)3)86-64(66(65)81-19)46-56(88-94(22,23)73(7,8)9)48-82-93(20,21)72(4,5)6/h30-34,36,40,49,52-56,59-71,77H,2-3,35,37-39,41-48H2,1,4-29H3/t49-,52?,53+,54+,55-,56+,59?,60+,61+,62?,63+,64-,65?,66+,67+,68+,69+,70-,71+/m1/s1. The van der Waals surface area contributed by atoms with E-state index < -0.39 is 148 Å². The van der Waals surface area contributed by atoms with E-state index >= 15 is 13.2 Å². The highest BCUT2D eigenvalue weighted by atomic mass is 32.2. The third kappa shape index (κ3) is 19.6. The third-order valence-electron chi connectivity index (χ3n) is 25.2. The van der Waals surface area contributed by atoms with Crippen molar-refractivity contribution in [2.24, 2.45) is 11.8 Å². The van der Waals surface area contributed by atoms with Gasteiger partial charge in [-0.05, 0) is 171 Å². The van der Waals surface area contributed by atoms with Gasteiger partial charge in [0.1, 0.15) is 29.7 Å². The van der Waals surface area contributed by atoms with Crippen LogP contribution in [0.5, 0.6) is 0 Å². The van der Waals surface area contributed by atoms with E-state index in [1.54, 1.807) is 37.4 Å². The van der Waals surface area contributed by atoms with Gasteiger partial charge in [0, 0.05) is 32.3 Å². The van der Waals surface area contributed by atoms with E-state index in [9.17, 15) is 5.11 Å². The number of hydrogen-bond acceptors (Lipinski definition) is 15. The topological polar surface area (TPSA) is 173 Å². The van der Waals surface area contributed by atoms with E-state index in [2.05, 4.69) is 189 Å². The Bertz CT molecular complexity index is 2960. The number of fused-ring (bicyclic) bond motifs is 2. The van der Waals surface area contributed by atoms with Crippen molar-refractivity contribution in [2.45, 2.75) is 380 Å². The lowest BCUT2D eigenvalue weighted by molar-refractivity contribution is -0.266. The molecular weight excluding hydrogens is 1330 g/mol. The summed E-state index contributed by atoms with van der Waals surface area (Å²) in [5.74, 6) is -1.43. The number of ether oxygens (including phenoxy) is 6. The Labute approximate surface area is 594 Å². The summed E-state index contributed by atoms with van der Waals surface area (Å²) in [6.07, 6.45) is -0.429. The minimum Gasteiger partial charge on any atom is -0.414 e. The fourth-order valence-corrected chi connectivity index (χ4v) is 21.9. The van der Waals surface area contributed by atoms with Crippen LogP contribution in [0.2, 0.25) is 90.7 Å². The molecule has 8 aliphatic heterocycles. The van der Waals surface area contributed by atoms with E-state index in [0.717, 1.165) is 17.6 Å². The van der Waals surface area contributed by atoms with Crippen molar-refractivity contribution < 1.29 is 68.9 Å². The second kappa shape index (κ2) is 31.0. The number of hydrogen-bond donors (Lipinski definition) is 1. The maximum Gasteiger partial charge on any atom is 0.193 e. The number of Topliss-reactive ketones (excluding diaryl/α,β-unsaturated/α-hetero) is 1. The highest BCUT2D eigenvalue weighted by molar-refractivity contribution is 7.92. The molecule has 1 aromatic carbocycles. The predicted octanol–water partition coefficient (Wildman–Crippen LogP) is 17.4. The van der Waals surface area contributed by atoms with Gasteiger partial charge >= 0.3 is 0 Å². The zero-order valence-corrected chi connectivity index (χ0v) is 71.3. The number of carbonyl (C=O) groups is 1. The summed E-state index contributed by atoms with van der Waals surface area (Å²) < 4.78 is 114. The molecule has 1 N–H and O–H groups in total. The molecule has 556 valence electrons. The second-order valence-corrected chi connectivity index (χ2v) is 63.5. The molecule has 8 heterocycles. The number of benzene rings is 1. The summed E-state index contributed by atoms with van der Waals surface area (Å²) in [5.41, 5.74) is 1.94. The van der Waals surface area contributed by atoms with Gasteiger partial charge in [-0.2, -0.15) is 0 Å². The van der Waals surface area contributed by atoms with E-state index in [1.807, 2.05) is 12.2 Å². The van der Waals surface area contributed by atoms with Gasteiger partial charge in [-0.25, -0.2) is 8.42 Å². The summed E-state index contributed by atoms with van der Waals surface area (Å²) in [6.45, 7) is 67.7. The molecule has 0 radical (unpaired) electrons. The Morgan fingerprint density at radius 1 is 0.567 bits per heavy atom. The van der Waals surface area contributed by atoms with Crippen LogP contribution in [-0.2, 0) is 65.2 Å². The molecule has 21 heteroatoms. The summed E-state index contributed by atoms with van der Waals surface area (Å²) >= 11 is 0.